The fourth-order valence-electron chi connectivity index (χ4n) is 1.16. The molecule has 1 N–H and O–H groups in total. The predicted octanol–water partition coefficient (Wildman–Crippen LogP) is 2.89. The Balaban J connectivity index is 2.51. The van der Waals surface area contributed by atoms with Crippen LogP contribution in [0.4, 0.5) is 4.79 Å². The van der Waals surface area contributed by atoms with E-state index in [1.165, 1.54) is 0 Å². The van der Waals surface area contributed by atoms with Crippen molar-refractivity contribution in [2.75, 3.05) is 0 Å². The Morgan fingerprint density at radius 1 is 1.29 bits per heavy atom. The van der Waals surface area contributed by atoms with Crippen LogP contribution in [0.15, 0.2) is 24.3 Å². The van der Waals surface area contributed by atoms with Crippen molar-refractivity contribution in [1.82, 2.24) is 5.32 Å². The highest BCUT2D eigenvalue weighted by Gasteiger charge is 2.06. The molecule has 4 nitrogen and oxygen atoms in total. The summed E-state index contributed by atoms with van der Waals surface area (Å²) in [4.78, 5) is 22.0. The lowest BCUT2D eigenvalue weighted by molar-refractivity contribution is -0.124. The third-order valence-electron chi connectivity index (χ3n) is 2.11. The van der Waals surface area contributed by atoms with E-state index in [0.29, 0.717) is 12.3 Å². The molecule has 92 valence electrons. The number of hydrogen-bond acceptors (Lipinski definition) is 3. The minimum Gasteiger partial charge on any atom is -0.419 e. The fourth-order valence-corrected chi connectivity index (χ4v) is 1.42. The van der Waals surface area contributed by atoms with E-state index in [4.69, 9.17) is 4.74 Å². The average Bonchev–Trinajstić information content (AvgIpc) is 2.26. The smallest absolute Gasteiger partial charge is 0.372 e. The molecule has 5 heteroatoms. The van der Waals surface area contributed by atoms with Gasteiger partial charge < -0.3 is 10.1 Å². The van der Waals surface area contributed by atoms with E-state index in [1.807, 2.05) is 26.0 Å². The quantitative estimate of drug-likeness (QED) is 0.673. The van der Waals surface area contributed by atoms with Crippen LogP contribution in [0, 0.1) is 5.92 Å². The third kappa shape index (κ3) is 5.16. The van der Waals surface area contributed by atoms with Crippen molar-refractivity contribution in [1.29, 1.82) is 0 Å². The highest BCUT2D eigenvalue weighted by atomic mass is 127. The molecule has 0 heterocycles. The zero-order valence-corrected chi connectivity index (χ0v) is 11.9. The second-order valence-electron chi connectivity index (χ2n) is 3.86. The van der Waals surface area contributed by atoms with Crippen molar-refractivity contribution in [3.05, 3.63) is 29.8 Å². The Morgan fingerprint density at radius 3 is 2.35 bits per heavy atom. The van der Waals surface area contributed by atoms with Crippen LogP contribution in [0.2, 0.25) is 0 Å². The summed E-state index contributed by atoms with van der Waals surface area (Å²) >= 11 is 1.57. The molecule has 0 saturated carbocycles. The van der Waals surface area contributed by atoms with Gasteiger partial charge in [-0.1, -0.05) is 26.0 Å². The van der Waals surface area contributed by atoms with Gasteiger partial charge in [-0.2, -0.15) is 0 Å². The number of carbonyl (C=O) groups excluding carboxylic acids is 2. The lowest BCUT2D eigenvalue weighted by Gasteiger charge is -2.08. The van der Waals surface area contributed by atoms with Crippen LogP contribution in [-0.4, -0.2) is 9.88 Å². The topological polar surface area (TPSA) is 55.4 Å². The van der Waals surface area contributed by atoms with Gasteiger partial charge in [-0.25, -0.2) is 4.79 Å². The maximum absolute atomic E-state index is 11.3. The van der Waals surface area contributed by atoms with Gasteiger partial charge in [0.05, 0.1) is 22.6 Å². The molecule has 1 amide bonds. The number of hydrogen-bond donors (Lipinski definition) is 1. The fraction of sp³-hybridized carbons (Fsp3) is 0.333. The first kappa shape index (κ1) is 14.0. The SMILES string of the molecule is CC(C)C(=O)NCc1ccc(OC(=O)I)cc1. The Labute approximate surface area is 114 Å². The minimum atomic E-state index is -0.372. The Morgan fingerprint density at radius 2 is 1.88 bits per heavy atom. The van der Waals surface area contributed by atoms with Crippen LogP contribution in [0.5, 0.6) is 5.75 Å². The van der Waals surface area contributed by atoms with E-state index in [9.17, 15) is 9.59 Å². The van der Waals surface area contributed by atoms with Crippen LogP contribution in [-0.2, 0) is 11.3 Å². The number of benzene rings is 1. The van der Waals surface area contributed by atoms with Crippen molar-refractivity contribution in [3.8, 4) is 5.75 Å². The van der Waals surface area contributed by atoms with E-state index in [1.54, 1.807) is 34.7 Å². The standard InChI is InChI=1S/C12H14INO3/c1-8(2)11(15)14-7-9-3-5-10(6-4-9)17-12(13)16/h3-6,8H,7H2,1-2H3,(H,14,15). The molecule has 0 atom stereocenters. The maximum atomic E-state index is 11.3. The predicted molar refractivity (Wildman–Crippen MR) is 73.2 cm³/mol. The number of halogens is 1. The van der Waals surface area contributed by atoms with Gasteiger partial charge in [0.1, 0.15) is 5.75 Å². The minimum absolute atomic E-state index is 0.0192. The lowest BCUT2D eigenvalue weighted by atomic mass is 10.2. The molecule has 0 aliphatic heterocycles. The van der Waals surface area contributed by atoms with Crippen LogP contribution >= 0.6 is 22.6 Å². The Bertz CT molecular complexity index is 401. The molecular weight excluding hydrogens is 333 g/mol. The summed E-state index contributed by atoms with van der Waals surface area (Å²) in [5, 5.41) is 2.81. The van der Waals surface area contributed by atoms with Crippen LogP contribution in [0.25, 0.3) is 0 Å². The lowest BCUT2D eigenvalue weighted by Crippen LogP contribution is -2.27. The van der Waals surface area contributed by atoms with Gasteiger partial charge in [-0.3, -0.25) is 4.79 Å². The summed E-state index contributed by atoms with van der Waals surface area (Å²) in [5.41, 5.74) is 0.965. The van der Waals surface area contributed by atoms with E-state index < -0.39 is 0 Å². The Hall–Kier alpha value is -1.11. The zero-order chi connectivity index (χ0) is 12.8. The molecule has 0 aliphatic carbocycles. The first-order chi connectivity index (χ1) is 7.99. The first-order valence-electron chi connectivity index (χ1n) is 5.23. The first-order valence-corrected chi connectivity index (χ1v) is 6.31. The number of ether oxygens (including phenoxy) is 1. The van der Waals surface area contributed by atoms with E-state index in [0.717, 1.165) is 5.56 Å². The molecule has 0 aliphatic rings. The van der Waals surface area contributed by atoms with Crippen LogP contribution in [0.1, 0.15) is 19.4 Å². The number of nitrogens with one attached hydrogen (secondary N) is 1. The molecule has 1 aromatic carbocycles. The van der Waals surface area contributed by atoms with Gasteiger partial charge >= 0.3 is 3.98 Å². The van der Waals surface area contributed by atoms with Crippen molar-refractivity contribution in [2.45, 2.75) is 20.4 Å². The van der Waals surface area contributed by atoms with E-state index >= 15 is 0 Å². The monoisotopic (exact) mass is 347 g/mol. The zero-order valence-electron chi connectivity index (χ0n) is 9.70. The number of rotatable bonds is 4. The molecule has 1 rings (SSSR count). The molecule has 17 heavy (non-hydrogen) atoms. The summed E-state index contributed by atoms with van der Waals surface area (Å²) in [6.45, 7) is 4.17. The van der Waals surface area contributed by atoms with Crippen molar-refractivity contribution in [3.63, 3.8) is 0 Å². The maximum Gasteiger partial charge on any atom is 0.372 e. The number of carbonyl (C=O) groups is 2. The molecule has 0 radical (unpaired) electrons. The molecule has 0 fully saturated rings. The van der Waals surface area contributed by atoms with Gasteiger partial charge in [0.2, 0.25) is 5.91 Å². The molecule has 0 saturated heterocycles. The van der Waals surface area contributed by atoms with Gasteiger partial charge in [0, 0.05) is 12.5 Å². The van der Waals surface area contributed by atoms with E-state index in [-0.39, 0.29) is 15.8 Å². The summed E-state index contributed by atoms with van der Waals surface area (Å²) in [6.07, 6.45) is 0. The van der Waals surface area contributed by atoms with Crippen LogP contribution in [0.3, 0.4) is 0 Å². The second-order valence-corrected chi connectivity index (χ2v) is 4.74. The normalized spacial score (nSPS) is 10.1. The third-order valence-corrected chi connectivity index (χ3v) is 2.33. The summed E-state index contributed by atoms with van der Waals surface area (Å²) < 4.78 is 4.52. The molecule has 0 aromatic heterocycles. The van der Waals surface area contributed by atoms with Gasteiger partial charge in [0.15, 0.2) is 0 Å². The number of amides is 1. The highest BCUT2D eigenvalue weighted by Crippen LogP contribution is 2.13. The molecule has 0 unspecified atom stereocenters. The van der Waals surface area contributed by atoms with Gasteiger partial charge in [-0.15, -0.1) is 0 Å². The average molecular weight is 347 g/mol. The van der Waals surface area contributed by atoms with Crippen LogP contribution < -0.4 is 10.1 Å². The van der Waals surface area contributed by atoms with Crippen molar-refractivity contribution >= 4 is 32.5 Å². The van der Waals surface area contributed by atoms with Gasteiger partial charge in [-0.05, 0) is 17.7 Å². The summed E-state index contributed by atoms with van der Waals surface area (Å²) in [5.74, 6) is 0.505. The summed E-state index contributed by atoms with van der Waals surface area (Å²) in [6, 6.07) is 7.03. The van der Waals surface area contributed by atoms with E-state index in [2.05, 4.69) is 5.32 Å². The molecule has 1 aromatic rings. The largest absolute Gasteiger partial charge is 0.419 e. The van der Waals surface area contributed by atoms with Crippen molar-refractivity contribution < 1.29 is 14.3 Å². The van der Waals surface area contributed by atoms with Gasteiger partial charge in [0.25, 0.3) is 0 Å². The molecule has 0 spiro atoms. The molecule has 0 bridgehead atoms. The summed E-state index contributed by atoms with van der Waals surface area (Å²) in [7, 11) is 0. The Kier molecular flexibility index (Phi) is 5.40. The second kappa shape index (κ2) is 6.58. The molecular formula is C12H14INO3. The highest BCUT2D eigenvalue weighted by molar-refractivity contribution is 14.1. The van der Waals surface area contributed by atoms with Crippen molar-refractivity contribution in [2.24, 2.45) is 5.92 Å².